The van der Waals surface area contributed by atoms with Gasteiger partial charge in [-0.1, -0.05) is 66.7 Å². The van der Waals surface area contributed by atoms with Crippen LogP contribution in [0.1, 0.15) is 22.6 Å². The van der Waals surface area contributed by atoms with E-state index in [1.165, 1.54) is 11.1 Å². The van der Waals surface area contributed by atoms with E-state index >= 15 is 0 Å². The maximum Gasteiger partial charge on any atom is 0.196 e. The van der Waals surface area contributed by atoms with E-state index in [1.807, 2.05) is 36.4 Å². The summed E-state index contributed by atoms with van der Waals surface area (Å²) in [4.78, 5) is 13.1. The van der Waals surface area contributed by atoms with Crippen molar-refractivity contribution in [3.8, 4) is 11.3 Å². The molecule has 1 aliphatic rings. The van der Waals surface area contributed by atoms with Crippen LogP contribution in [0.2, 0.25) is 0 Å². The standard InChI is InChI=1S/C23H16O2/c24-22-18-12-6-7-13-21(18)25-23-17-11-5-4-10-16(17)19(14-20(22)23)15-8-2-1-3-9-15/h1-13,19H,14H2. The smallest absolute Gasteiger partial charge is 0.196 e. The van der Waals surface area contributed by atoms with Crippen molar-refractivity contribution >= 4 is 11.0 Å². The molecule has 120 valence electrons. The maximum atomic E-state index is 13.1. The van der Waals surface area contributed by atoms with E-state index in [1.54, 1.807) is 0 Å². The lowest BCUT2D eigenvalue weighted by Crippen LogP contribution is -2.20. The molecule has 2 nitrogen and oxygen atoms in total. The Bertz CT molecular complexity index is 1140. The number of hydrogen-bond acceptors (Lipinski definition) is 2. The Labute approximate surface area is 145 Å². The first-order valence-corrected chi connectivity index (χ1v) is 8.52. The number of benzene rings is 3. The van der Waals surface area contributed by atoms with E-state index in [0.29, 0.717) is 17.4 Å². The molecule has 0 bridgehead atoms. The van der Waals surface area contributed by atoms with E-state index in [4.69, 9.17) is 4.42 Å². The molecule has 0 aliphatic heterocycles. The Morgan fingerprint density at radius 2 is 1.52 bits per heavy atom. The van der Waals surface area contributed by atoms with Gasteiger partial charge in [0.25, 0.3) is 0 Å². The molecule has 1 unspecified atom stereocenters. The number of rotatable bonds is 1. The molecular formula is C23H16O2. The van der Waals surface area contributed by atoms with Crippen molar-refractivity contribution in [1.82, 2.24) is 0 Å². The minimum Gasteiger partial charge on any atom is -0.456 e. The minimum atomic E-state index is 0.0901. The zero-order valence-electron chi connectivity index (χ0n) is 13.6. The zero-order chi connectivity index (χ0) is 16.8. The molecular weight excluding hydrogens is 308 g/mol. The van der Waals surface area contributed by atoms with Gasteiger partial charge in [0.05, 0.1) is 5.39 Å². The number of hydrogen-bond donors (Lipinski definition) is 0. The molecule has 0 saturated heterocycles. The Kier molecular flexibility index (Phi) is 3.10. The largest absolute Gasteiger partial charge is 0.456 e. The van der Waals surface area contributed by atoms with Gasteiger partial charge < -0.3 is 4.42 Å². The topological polar surface area (TPSA) is 30.2 Å². The van der Waals surface area contributed by atoms with Gasteiger partial charge in [-0.3, -0.25) is 4.79 Å². The van der Waals surface area contributed by atoms with Crippen molar-refractivity contribution in [2.75, 3.05) is 0 Å². The average molecular weight is 324 g/mol. The van der Waals surface area contributed by atoms with Crippen LogP contribution in [0.3, 0.4) is 0 Å². The molecule has 4 aromatic rings. The monoisotopic (exact) mass is 324 g/mol. The molecule has 25 heavy (non-hydrogen) atoms. The Morgan fingerprint density at radius 3 is 2.40 bits per heavy atom. The van der Waals surface area contributed by atoms with E-state index in [0.717, 1.165) is 16.9 Å². The van der Waals surface area contributed by atoms with Crippen LogP contribution in [0.4, 0.5) is 0 Å². The van der Waals surface area contributed by atoms with Crippen LogP contribution >= 0.6 is 0 Å². The first-order valence-electron chi connectivity index (χ1n) is 8.52. The molecule has 3 aromatic carbocycles. The molecule has 5 rings (SSSR count). The van der Waals surface area contributed by atoms with Crippen LogP contribution in [0.5, 0.6) is 0 Å². The second kappa shape index (κ2) is 5.45. The highest BCUT2D eigenvalue weighted by atomic mass is 16.3. The molecule has 1 heterocycles. The lowest BCUT2D eigenvalue weighted by molar-refractivity contribution is 0.595. The lowest BCUT2D eigenvalue weighted by Gasteiger charge is -2.27. The quantitative estimate of drug-likeness (QED) is 0.485. The summed E-state index contributed by atoms with van der Waals surface area (Å²) in [6.07, 6.45) is 0.670. The summed E-state index contributed by atoms with van der Waals surface area (Å²) in [7, 11) is 0. The molecule has 0 spiro atoms. The lowest BCUT2D eigenvalue weighted by atomic mass is 9.77. The Morgan fingerprint density at radius 1 is 0.800 bits per heavy atom. The fourth-order valence-electron chi connectivity index (χ4n) is 3.89. The first kappa shape index (κ1) is 14.2. The van der Waals surface area contributed by atoms with Gasteiger partial charge in [0.2, 0.25) is 0 Å². The normalized spacial score (nSPS) is 15.6. The highest BCUT2D eigenvalue weighted by Gasteiger charge is 2.29. The second-order valence-corrected chi connectivity index (χ2v) is 6.49. The van der Waals surface area contributed by atoms with E-state index in [2.05, 4.69) is 42.5 Å². The van der Waals surface area contributed by atoms with Crippen molar-refractivity contribution in [1.29, 1.82) is 0 Å². The van der Waals surface area contributed by atoms with Crippen LogP contribution in [0.25, 0.3) is 22.3 Å². The summed E-state index contributed by atoms with van der Waals surface area (Å²) in [5.41, 5.74) is 5.01. The predicted octanol–water partition coefficient (Wildman–Crippen LogP) is 5.15. The van der Waals surface area contributed by atoms with Crippen molar-refractivity contribution in [2.45, 2.75) is 12.3 Å². The van der Waals surface area contributed by atoms with Crippen molar-refractivity contribution < 1.29 is 4.42 Å². The van der Waals surface area contributed by atoms with Gasteiger partial charge in [0.15, 0.2) is 5.43 Å². The van der Waals surface area contributed by atoms with Gasteiger partial charge in [-0.15, -0.1) is 0 Å². The Balaban J connectivity index is 1.83. The fourth-order valence-corrected chi connectivity index (χ4v) is 3.89. The molecule has 0 radical (unpaired) electrons. The van der Waals surface area contributed by atoms with E-state index in [-0.39, 0.29) is 11.3 Å². The summed E-state index contributed by atoms with van der Waals surface area (Å²) < 4.78 is 6.18. The summed E-state index contributed by atoms with van der Waals surface area (Å²) in [6.45, 7) is 0. The molecule has 2 heteroatoms. The third-order valence-corrected chi connectivity index (χ3v) is 5.08. The molecule has 0 amide bonds. The molecule has 1 aliphatic carbocycles. The zero-order valence-corrected chi connectivity index (χ0v) is 13.6. The summed E-state index contributed by atoms with van der Waals surface area (Å²) >= 11 is 0. The Hall–Kier alpha value is -3.13. The average Bonchev–Trinajstić information content (AvgIpc) is 2.68. The minimum absolute atomic E-state index is 0.0901. The van der Waals surface area contributed by atoms with Gasteiger partial charge in [-0.2, -0.15) is 0 Å². The van der Waals surface area contributed by atoms with Gasteiger partial charge in [0, 0.05) is 17.0 Å². The van der Waals surface area contributed by atoms with E-state index in [9.17, 15) is 4.79 Å². The van der Waals surface area contributed by atoms with Crippen LogP contribution < -0.4 is 5.43 Å². The van der Waals surface area contributed by atoms with Crippen LogP contribution in [-0.2, 0) is 6.42 Å². The fraction of sp³-hybridized carbons (Fsp3) is 0.0870. The van der Waals surface area contributed by atoms with Gasteiger partial charge in [-0.25, -0.2) is 0 Å². The third kappa shape index (κ3) is 2.14. The molecule has 0 N–H and O–H groups in total. The van der Waals surface area contributed by atoms with Gasteiger partial charge in [0.1, 0.15) is 11.3 Å². The van der Waals surface area contributed by atoms with Crippen molar-refractivity contribution in [3.05, 3.63) is 106 Å². The van der Waals surface area contributed by atoms with Gasteiger partial charge in [-0.05, 0) is 29.7 Å². The van der Waals surface area contributed by atoms with E-state index < -0.39 is 0 Å². The van der Waals surface area contributed by atoms with Crippen molar-refractivity contribution in [3.63, 3.8) is 0 Å². The third-order valence-electron chi connectivity index (χ3n) is 5.08. The number of fused-ring (bicyclic) bond motifs is 4. The van der Waals surface area contributed by atoms with Crippen LogP contribution in [0.15, 0.2) is 88.1 Å². The first-order chi connectivity index (χ1) is 12.3. The molecule has 0 saturated carbocycles. The highest BCUT2D eigenvalue weighted by molar-refractivity contribution is 5.82. The maximum absolute atomic E-state index is 13.1. The molecule has 0 fully saturated rings. The predicted molar refractivity (Wildman–Crippen MR) is 99.9 cm³/mol. The summed E-state index contributed by atoms with van der Waals surface area (Å²) in [5.74, 6) is 0.903. The molecule has 1 aromatic heterocycles. The second-order valence-electron chi connectivity index (χ2n) is 6.49. The number of para-hydroxylation sites is 1. The highest BCUT2D eigenvalue weighted by Crippen LogP contribution is 2.42. The molecule has 1 atom stereocenters. The van der Waals surface area contributed by atoms with Crippen molar-refractivity contribution in [2.24, 2.45) is 0 Å². The van der Waals surface area contributed by atoms with Crippen LogP contribution in [-0.4, -0.2) is 0 Å². The van der Waals surface area contributed by atoms with Gasteiger partial charge >= 0.3 is 0 Å². The SMILES string of the molecule is O=c1c2c(oc3ccccc13)-c1ccccc1C(c1ccccc1)C2. The van der Waals surface area contributed by atoms with Crippen LogP contribution in [0, 0.1) is 0 Å². The summed E-state index contributed by atoms with van der Waals surface area (Å²) in [6, 6.07) is 26.2. The summed E-state index contributed by atoms with van der Waals surface area (Å²) in [5, 5.41) is 0.660.